The van der Waals surface area contributed by atoms with Crippen molar-refractivity contribution in [1.82, 2.24) is 10.3 Å². The van der Waals surface area contributed by atoms with Crippen molar-refractivity contribution < 1.29 is 14.7 Å². The lowest BCUT2D eigenvalue weighted by Crippen LogP contribution is -2.40. The molecule has 18 heavy (non-hydrogen) atoms. The molecule has 1 fully saturated rings. The monoisotopic (exact) mass is 248 g/mol. The summed E-state index contributed by atoms with van der Waals surface area (Å²) in [4.78, 5) is 27.0. The molecule has 2 N–H and O–H groups in total. The first-order chi connectivity index (χ1) is 8.58. The zero-order valence-electron chi connectivity index (χ0n) is 10.2. The van der Waals surface area contributed by atoms with Crippen molar-refractivity contribution in [2.45, 2.75) is 32.2 Å². The van der Waals surface area contributed by atoms with Crippen molar-refractivity contribution in [2.24, 2.45) is 5.92 Å². The first-order valence-electron chi connectivity index (χ1n) is 6.04. The number of carboxylic acids is 1. The molecule has 1 aliphatic carbocycles. The Bertz CT molecular complexity index is 456. The van der Waals surface area contributed by atoms with Crippen molar-refractivity contribution in [1.29, 1.82) is 0 Å². The molecule has 0 saturated heterocycles. The summed E-state index contributed by atoms with van der Waals surface area (Å²) in [5.41, 5.74) is 1.31. The normalized spacial score (nSPS) is 22.7. The minimum absolute atomic E-state index is 0.249. The molecular formula is C13H16N2O3. The van der Waals surface area contributed by atoms with Crippen LogP contribution >= 0.6 is 0 Å². The van der Waals surface area contributed by atoms with E-state index in [1.807, 2.05) is 6.92 Å². The topological polar surface area (TPSA) is 79.3 Å². The molecule has 2 rings (SSSR count). The molecule has 1 aromatic rings. The van der Waals surface area contributed by atoms with Crippen LogP contribution in [0.25, 0.3) is 0 Å². The highest BCUT2D eigenvalue weighted by Crippen LogP contribution is 2.26. The Kier molecular flexibility index (Phi) is 3.60. The van der Waals surface area contributed by atoms with Gasteiger partial charge in [0.15, 0.2) is 0 Å². The van der Waals surface area contributed by atoms with E-state index in [1.165, 1.54) is 6.20 Å². The standard InChI is InChI=1S/C13H16N2O3/c1-8-5-6-9(7-14-8)12(16)15-11-4-2-3-10(11)13(17)18/h5-7,10-11H,2-4H2,1H3,(H,15,16)(H,17,18)/t10-,11+/m0/s1. The Balaban J connectivity index is 2.03. The van der Waals surface area contributed by atoms with E-state index in [-0.39, 0.29) is 11.9 Å². The van der Waals surface area contributed by atoms with Crippen LogP contribution in [0.3, 0.4) is 0 Å². The summed E-state index contributed by atoms with van der Waals surface area (Å²) in [6.45, 7) is 1.85. The zero-order chi connectivity index (χ0) is 13.1. The number of carbonyl (C=O) groups is 2. The van der Waals surface area contributed by atoms with Gasteiger partial charge >= 0.3 is 5.97 Å². The van der Waals surface area contributed by atoms with Crippen LogP contribution in [0.1, 0.15) is 35.3 Å². The van der Waals surface area contributed by atoms with E-state index >= 15 is 0 Å². The van der Waals surface area contributed by atoms with Gasteiger partial charge in [-0.1, -0.05) is 6.42 Å². The summed E-state index contributed by atoms with van der Waals surface area (Å²) >= 11 is 0. The summed E-state index contributed by atoms with van der Waals surface area (Å²) in [5.74, 6) is -1.55. The van der Waals surface area contributed by atoms with Gasteiger partial charge in [-0.3, -0.25) is 14.6 Å². The first-order valence-corrected chi connectivity index (χ1v) is 6.04. The minimum Gasteiger partial charge on any atom is -0.481 e. The molecule has 0 aliphatic heterocycles. The number of carboxylic acid groups (broad SMARTS) is 1. The van der Waals surface area contributed by atoms with Crippen molar-refractivity contribution in [3.8, 4) is 0 Å². The van der Waals surface area contributed by atoms with Crippen LogP contribution in [-0.4, -0.2) is 28.0 Å². The summed E-state index contributed by atoms with van der Waals surface area (Å²) in [6, 6.07) is 3.19. The van der Waals surface area contributed by atoms with Crippen LogP contribution in [0, 0.1) is 12.8 Å². The van der Waals surface area contributed by atoms with Gasteiger partial charge in [0.1, 0.15) is 0 Å². The predicted molar refractivity (Wildman–Crippen MR) is 65.2 cm³/mol. The fourth-order valence-corrected chi connectivity index (χ4v) is 2.28. The van der Waals surface area contributed by atoms with Gasteiger partial charge in [0.05, 0.1) is 11.5 Å². The molecular weight excluding hydrogens is 232 g/mol. The molecule has 1 aliphatic rings. The maximum Gasteiger partial charge on any atom is 0.308 e. The Hall–Kier alpha value is -1.91. The molecule has 1 amide bonds. The van der Waals surface area contributed by atoms with Crippen LogP contribution in [0.4, 0.5) is 0 Å². The quantitative estimate of drug-likeness (QED) is 0.846. The third kappa shape index (κ3) is 2.67. The van der Waals surface area contributed by atoms with Crippen molar-refractivity contribution in [3.05, 3.63) is 29.6 Å². The zero-order valence-corrected chi connectivity index (χ0v) is 10.2. The number of amides is 1. The Morgan fingerprint density at radius 1 is 1.39 bits per heavy atom. The highest BCUT2D eigenvalue weighted by Gasteiger charge is 2.33. The smallest absolute Gasteiger partial charge is 0.308 e. The average molecular weight is 248 g/mol. The number of aliphatic carboxylic acids is 1. The van der Waals surface area contributed by atoms with Crippen LogP contribution in [-0.2, 0) is 4.79 Å². The minimum atomic E-state index is -0.833. The van der Waals surface area contributed by atoms with Crippen LogP contribution in [0.15, 0.2) is 18.3 Å². The Morgan fingerprint density at radius 2 is 2.17 bits per heavy atom. The number of carbonyl (C=O) groups excluding carboxylic acids is 1. The van der Waals surface area contributed by atoms with E-state index in [0.29, 0.717) is 12.0 Å². The number of hydrogen-bond acceptors (Lipinski definition) is 3. The maximum atomic E-state index is 11.9. The third-order valence-corrected chi connectivity index (χ3v) is 3.32. The number of rotatable bonds is 3. The molecule has 0 radical (unpaired) electrons. The second kappa shape index (κ2) is 5.16. The first kappa shape index (κ1) is 12.5. The second-order valence-electron chi connectivity index (χ2n) is 4.64. The van der Waals surface area contributed by atoms with Gasteiger partial charge in [0.2, 0.25) is 0 Å². The number of hydrogen-bond donors (Lipinski definition) is 2. The van der Waals surface area contributed by atoms with Crippen LogP contribution in [0.2, 0.25) is 0 Å². The van der Waals surface area contributed by atoms with Crippen molar-refractivity contribution in [3.63, 3.8) is 0 Å². The number of pyridine rings is 1. The van der Waals surface area contributed by atoms with Gasteiger partial charge in [0.25, 0.3) is 5.91 Å². The maximum absolute atomic E-state index is 11.9. The number of nitrogens with zero attached hydrogens (tertiary/aromatic N) is 1. The molecule has 0 unspecified atom stereocenters. The number of aromatic nitrogens is 1. The van der Waals surface area contributed by atoms with E-state index in [4.69, 9.17) is 5.11 Å². The summed E-state index contributed by atoms with van der Waals surface area (Å²) < 4.78 is 0. The van der Waals surface area contributed by atoms with Gasteiger partial charge in [-0.25, -0.2) is 0 Å². The third-order valence-electron chi connectivity index (χ3n) is 3.32. The lowest BCUT2D eigenvalue weighted by atomic mass is 10.0. The molecule has 1 saturated carbocycles. The van der Waals surface area contributed by atoms with Gasteiger partial charge in [0, 0.05) is 17.9 Å². The average Bonchev–Trinajstić information content (AvgIpc) is 2.78. The summed E-state index contributed by atoms with van der Waals surface area (Å²) in [7, 11) is 0. The Morgan fingerprint density at radius 3 is 2.78 bits per heavy atom. The molecule has 1 aromatic heterocycles. The van der Waals surface area contributed by atoms with E-state index in [2.05, 4.69) is 10.3 Å². The van der Waals surface area contributed by atoms with Gasteiger partial charge < -0.3 is 10.4 Å². The van der Waals surface area contributed by atoms with Crippen molar-refractivity contribution in [2.75, 3.05) is 0 Å². The largest absolute Gasteiger partial charge is 0.481 e. The van der Waals surface area contributed by atoms with E-state index in [1.54, 1.807) is 12.1 Å². The van der Waals surface area contributed by atoms with Gasteiger partial charge in [-0.05, 0) is 31.9 Å². The number of nitrogens with one attached hydrogen (secondary N) is 1. The Labute approximate surface area is 105 Å². The fraction of sp³-hybridized carbons (Fsp3) is 0.462. The van der Waals surface area contributed by atoms with Crippen LogP contribution < -0.4 is 5.32 Å². The van der Waals surface area contributed by atoms with Gasteiger partial charge in [-0.15, -0.1) is 0 Å². The number of aryl methyl sites for hydroxylation is 1. The molecule has 5 heteroatoms. The molecule has 2 atom stereocenters. The van der Waals surface area contributed by atoms with E-state index < -0.39 is 11.9 Å². The highest BCUT2D eigenvalue weighted by atomic mass is 16.4. The summed E-state index contributed by atoms with van der Waals surface area (Å²) in [6.07, 6.45) is 3.71. The molecule has 0 spiro atoms. The van der Waals surface area contributed by atoms with Crippen molar-refractivity contribution >= 4 is 11.9 Å². The molecule has 96 valence electrons. The lowest BCUT2D eigenvalue weighted by Gasteiger charge is -2.17. The highest BCUT2D eigenvalue weighted by molar-refractivity contribution is 5.94. The lowest BCUT2D eigenvalue weighted by molar-refractivity contribution is -0.142. The SMILES string of the molecule is Cc1ccc(C(=O)N[C@@H]2CCC[C@@H]2C(=O)O)cn1. The molecule has 5 nitrogen and oxygen atoms in total. The fourth-order valence-electron chi connectivity index (χ4n) is 2.28. The second-order valence-corrected chi connectivity index (χ2v) is 4.64. The molecule has 0 aromatic carbocycles. The van der Waals surface area contributed by atoms with E-state index in [0.717, 1.165) is 18.5 Å². The summed E-state index contributed by atoms with van der Waals surface area (Å²) in [5, 5.41) is 11.8. The predicted octanol–water partition coefficient (Wildman–Crippen LogP) is 1.37. The van der Waals surface area contributed by atoms with Crippen LogP contribution in [0.5, 0.6) is 0 Å². The molecule has 0 bridgehead atoms. The molecule has 1 heterocycles. The van der Waals surface area contributed by atoms with Gasteiger partial charge in [-0.2, -0.15) is 0 Å². The van der Waals surface area contributed by atoms with E-state index in [9.17, 15) is 9.59 Å².